The molecule has 1 N–H and O–H groups in total. The first-order chi connectivity index (χ1) is 10.6. The fourth-order valence-electron chi connectivity index (χ4n) is 2.58. The number of urea groups is 1. The molecule has 1 aromatic heterocycles. The number of nitrogens with zero attached hydrogens (tertiary/aromatic N) is 4. The van der Waals surface area contributed by atoms with Crippen LogP contribution in [0.15, 0.2) is 24.5 Å². The Morgan fingerprint density at radius 2 is 2.09 bits per heavy atom. The summed E-state index contributed by atoms with van der Waals surface area (Å²) in [4.78, 5) is 22.8. The minimum Gasteiger partial charge on any atom is -0.334 e. The van der Waals surface area contributed by atoms with E-state index in [0.29, 0.717) is 6.54 Å². The highest BCUT2D eigenvalue weighted by Crippen LogP contribution is 2.04. The summed E-state index contributed by atoms with van der Waals surface area (Å²) >= 11 is 0. The zero-order valence-electron chi connectivity index (χ0n) is 13.7. The summed E-state index contributed by atoms with van der Waals surface area (Å²) in [7, 11) is 4.20. The van der Waals surface area contributed by atoms with Gasteiger partial charge in [-0.3, -0.25) is 9.88 Å². The summed E-state index contributed by atoms with van der Waals surface area (Å²) in [6, 6.07) is 3.88. The number of carbonyl (C=O) groups is 1. The van der Waals surface area contributed by atoms with Gasteiger partial charge in [-0.25, -0.2) is 4.79 Å². The summed E-state index contributed by atoms with van der Waals surface area (Å²) in [5, 5.41) is 2.96. The molecule has 2 heterocycles. The average molecular weight is 305 g/mol. The lowest BCUT2D eigenvalue weighted by Crippen LogP contribution is -2.51. The maximum Gasteiger partial charge on any atom is 0.317 e. The highest BCUT2D eigenvalue weighted by molar-refractivity contribution is 5.74. The molecule has 2 amide bonds. The van der Waals surface area contributed by atoms with Crippen molar-refractivity contribution in [3.8, 4) is 0 Å². The lowest BCUT2D eigenvalue weighted by Gasteiger charge is -2.34. The van der Waals surface area contributed by atoms with Gasteiger partial charge in [0.2, 0.25) is 0 Å². The zero-order valence-corrected chi connectivity index (χ0v) is 13.7. The van der Waals surface area contributed by atoms with Crippen LogP contribution in [0.4, 0.5) is 4.79 Å². The fraction of sp³-hybridized carbons (Fsp3) is 0.625. The molecule has 0 aliphatic carbocycles. The van der Waals surface area contributed by atoms with Gasteiger partial charge in [-0.2, -0.15) is 0 Å². The van der Waals surface area contributed by atoms with E-state index in [4.69, 9.17) is 0 Å². The molecule has 1 aliphatic rings. The molecule has 1 saturated heterocycles. The topological polar surface area (TPSA) is 51.7 Å². The van der Waals surface area contributed by atoms with Gasteiger partial charge in [-0.05, 0) is 45.2 Å². The van der Waals surface area contributed by atoms with E-state index >= 15 is 0 Å². The average Bonchev–Trinajstić information content (AvgIpc) is 2.54. The molecule has 0 unspecified atom stereocenters. The van der Waals surface area contributed by atoms with Crippen molar-refractivity contribution in [3.63, 3.8) is 0 Å². The van der Waals surface area contributed by atoms with Crippen molar-refractivity contribution in [2.24, 2.45) is 0 Å². The van der Waals surface area contributed by atoms with Crippen molar-refractivity contribution in [1.29, 1.82) is 0 Å². The number of piperazine rings is 1. The lowest BCUT2D eigenvalue weighted by molar-refractivity contribution is 0.136. The molecule has 122 valence electrons. The van der Waals surface area contributed by atoms with Gasteiger partial charge in [-0.1, -0.05) is 6.07 Å². The first kappa shape index (κ1) is 16.7. The van der Waals surface area contributed by atoms with Crippen LogP contribution in [0.25, 0.3) is 0 Å². The molecule has 0 radical (unpaired) electrons. The zero-order chi connectivity index (χ0) is 15.8. The number of aromatic nitrogens is 1. The molecule has 0 spiro atoms. The molecule has 1 aliphatic heterocycles. The van der Waals surface area contributed by atoms with E-state index in [-0.39, 0.29) is 6.03 Å². The van der Waals surface area contributed by atoms with Gasteiger partial charge < -0.3 is 15.1 Å². The molecule has 6 nitrogen and oxygen atoms in total. The second kappa shape index (κ2) is 8.70. The summed E-state index contributed by atoms with van der Waals surface area (Å²) in [6.45, 7) is 6.31. The van der Waals surface area contributed by atoms with Crippen molar-refractivity contribution in [2.45, 2.75) is 13.0 Å². The van der Waals surface area contributed by atoms with Crippen molar-refractivity contribution >= 4 is 6.03 Å². The van der Waals surface area contributed by atoms with Crippen LogP contribution < -0.4 is 5.32 Å². The predicted octanol–water partition coefficient (Wildman–Crippen LogP) is 0.861. The summed E-state index contributed by atoms with van der Waals surface area (Å²) < 4.78 is 0. The maximum absolute atomic E-state index is 12.2. The second-order valence-electron chi connectivity index (χ2n) is 6.01. The number of amides is 2. The summed E-state index contributed by atoms with van der Waals surface area (Å²) in [6.07, 6.45) is 4.70. The summed E-state index contributed by atoms with van der Waals surface area (Å²) in [5.74, 6) is 0. The monoisotopic (exact) mass is 305 g/mol. The number of pyridine rings is 1. The standard InChI is InChI=1S/C16H27N5O/c1-19(2)7-4-8-20-9-11-21(12-10-20)16(22)18-14-15-5-3-6-17-13-15/h3,5-6,13H,4,7-12,14H2,1-2H3,(H,18,22). The molecule has 0 atom stereocenters. The third kappa shape index (κ3) is 5.61. The van der Waals surface area contributed by atoms with Gasteiger partial charge in [0.15, 0.2) is 0 Å². The van der Waals surface area contributed by atoms with E-state index in [1.54, 1.807) is 12.4 Å². The van der Waals surface area contributed by atoms with Gasteiger partial charge in [0.25, 0.3) is 0 Å². The minimum atomic E-state index is 0.0248. The van der Waals surface area contributed by atoms with Crippen molar-refractivity contribution in [2.75, 3.05) is 53.4 Å². The molecule has 6 heteroatoms. The van der Waals surface area contributed by atoms with Gasteiger partial charge in [0.05, 0.1) is 0 Å². The van der Waals surface area contributed by atoms with Crippen molar-refractivity contribution in [3.05, 3.63) is 30.1 Å². The smallest absolute Gasteiger partial charge is 0.317 e. The first-order valence-electron chi connectivity index (χ1n) is 7.94. The van der Waals surface area contributed by atoms with Crippen LogP contribution in [-0.4, -0.2) is 79.1 Å². The lowest BCUT2D eigenvalue weighted by atomic mass is 10.3. The van der Waals surface area contributed by atoms with E-state index < -0.39 is 0 Å². The van der Waals surface area contributed by atoms with Crippen LogP contribution in [0.3, 0.4) is 0 Å². The second-order valence-corrected chi connectivity index (χ2v) is 6.01. The highest BCUT2D eigenvalue weighted by Gasteiger charge is 2.20. The highest BCUT2D eigenvalue weighted by atomic mass is 16.2. The van der Waals surface area contributed by atoms with Crippen LogP contribution in [0.5, 0.6) is 0 Å². The van der Waals surface area contributed by atoms with Gasteiger partial charge >= 0.3 is 6.03 Å². The van der Waals surface area contributed by atoms with Crippen molar-refractivity contribution in [1.82, 2.24) is 25.0 Å². The Hall–Kier alpha value is -1.66. The van der Waals surface area contributed by atoms with E-state index in [0.717, 1.165) is 44.8 Å². The third-order valence-corrected chi connectivity index (χ3v) is 3.91. The molecule has 22 heavy (non-hydrogen) atoms. The fourth-order valence-corrected chi connectivity index (χ4v) is 2.58. The largest absolute Gasteiger partial charge is 0.334 e. The van der Waals surface area contributed by atoms with Crippen LogP contribution >= 0.6 is 0 Å². The van der Waals surface area contributed by atoms with Gasteiger partial charge in [0, 0.05) is 45.1 Å². The van der Waals surface area contributed by atoms with Crippen LogP contribution in [0, 0.1) is 0 Å². The Morgan fingerprint density at radius 3 is 2.73 bits per heavy atom. The van der Waals surface area contributed by atoms with Gasteiger partial charge in [0.1, 0.15) is 0 Å². The minimum absolute atomic E-state index is 0.0248. The molecule has 1 aromatic rings. The van der Waals surface area contributed by atoms with Crippen molar-refractivity contribution < 1.29 is 4.79 Å². The number of carbonyl (C=O) groups excluding carboxylic acids is 1. The van der Waals surface area contributed by atoms with Crippen LogP contribution in [-0.2, 0) is 6.54 Å². The Morgan fingerprint density at radius 1 is 1.32 bits per heavy atom. The molecule has 0 saturated carbocycles. The Balaban J connectivity index is 1.64. The van der Waals surface area contributed by atoms with Gasteiger partial charge in [-0.15, -0.1) is 0 Å². The van der Waals surface area contributed by atoms with Crippen LogP contribution in [0.1, 0.15) is 12.0 Å². The Labute approximate surface area is 133 Å². The molecule has 0 aromatic carbocycles. The number of rotatable bonds is 6. The number of hydrogen-bond donors (Lipinski definition) is 1. The molecule has 2 rings (SSSR count). The molecular weight excluding hydrogens is 278 g/mol. The van der Waals surface area contributed by atoms with E-state index in [2.05, 4.69) is 34.2 Å². The third-order valence-electron chi connectivity index (χ3n) is 3.91. The predicted molar refractivity (Wildman–Crippen MR) is 87.7 cm³/mol. The quantitative estimate of drug-likeness (QED) is 0.847. The summed E-state index contributed by atoms with van der Waals surface area (Å²) in [5.41, 5.74) is 1.03. The Kier molecular flexibility index (Phi) is 6.61. The van der Waals surface area contributed by atoms with E-state index in [1.165, 1.54) is 6.42 Å². The maximum atomic E-state index is 12.2. The number of nitrogens with one attached hydrogen (secondary N) is 1. The normalized spacial score (nSPS) is 16.0. The van der Waals surface area contributed by atoms with Crippen LogP contribution in [0.2, 0.25) is 0 Å². The van der Waals surface area contributed by atoms with E-state index in [1.807, 2.05) is 17.0 Å². The molecular formula is C16H27N5O. The first-order valence-corrected chi connectivity index (χ1v) is 7.94. The molecule has 0 bridgehead atoms. The molecule has 1 fully saturated rings. The van der Waals surface area contributed by atoms with E-state index in [9.17, 15) is 4.79 Å². The Bertz CT molecular complexity index is 443. The SMILES string of the molecule is CN(C)CCCN1CCN(C(=O)NCc2cccnc2)CC1. The number of hydrogen-bond acceptors (Lipinski definition) is 4.